The lowest BCUT2D eigenvalue weighted by molar-refractivity contribution is -0.136. The first-order valence-corrected chi connectivity index (χ1v) is 8.97. The topological polar surface area (TPSA) is 50.8 Å². The van der Waals surface area contributed by atoms with Crippen LogP contribution in [0.3, 0.4) is 0 Å². The molecule has 140 valence electrons. The molecule has 2 aromatic carbocycles. The molecule has 3 rings (SSSR count). The number of carbonyl (C=O) groups excluding carboxylic acids is 1. The van der Waals surface area contributed by atoms with E-state index in [4.69, 9.17) is 21.7 Å². The van der Waals surface area contributed by atoms with Gasteiger partial charge in [0.15, 0.2) is 5.11 Å². The predicted octanol–water partition coefficient (Wildman–Crippen LogP) is 3.89. The number of thiocarbonyl (C=S) groups is 1. The van der Waals surface area contributed by atoms with E-state index in [9.17, 15) is 4.79 Å². The largest absolute Gasteiger partial charge is 0.497 e. The van der Waals surface area contributed by atoms with E-state index in [0.29, 0.717) is 10.7 Å². The lowest BCUT2D eigenvalue weighted by atomic mass is 9.94. The first kappa shape index (κ1) is 18.9. The standard InChI is InChI=1S/C21H22N2O3S/c1-13-6-5-7-15(12-13)19-18(20(24)26-4)14(2)23(21(27)22-19)16-8-10-17(25-3)11-9-16/h5-12,19H,1-4H3,(H,22,27)/t19-/m1/s1. The van der Waals surface area contributed by atoms with E-state index in [0.717, 1.165) is 28.3 Å². The SMILES string of the molecule is COC(=O)C1=C(C)N(c2ccc(OC)cc2)C(=S)N[C@@H]1c1cccc(C)c1. The second kappa shape index (κ2) is 7.80. The highest BCUT2D eigenvalue weighted by Crippen LogP contribution is 2.34. The van der Waals surface area contributed by atoms with Crippen LogP contribution in [0.15, 0.2) is 59.8 Å². The van der Waals surface area contributed by atoms with Gasteiger partial charge in [-0.25, -0.2) is 4.79 Å². The van der Waals surface area contributed by atoms with Crippen LogP contribution in [0.4, 0.5) is 5.69 Å². The van der Waals surface area contributed by atoms with Gasteiger partial charge in [-0.2, -0.15) is 0 Å². The van der Waals surface area contributed by atoms with Crippen molar-refractivity contribution >= 4 is 29.0 Å². The van der Waals surface area contributed by atoms with Crippen molar-refractivity contribution in [2.45, 2.75) is 19.9 Å². The van der Waals surface area contributed by atoms with Crippen LogP contribution in [0.1, 0.15) is 24.1 Å². The molecule has 0 unspecified atom stereocenters. The van der Waals surface area contributed by atoms with Crippen molar-refractivity contribution < 1.29 is 14.3 Å². The van der Waals surface area contributed by atoms with Crippen LogP contribution < -0.4 is 15.0 Å². The monoisotopic (exact) mass is 382 g/mol. The summed E-state index contributed by atoms with van der Waals surface area (Å²) >= 11 is 5.63. The number of aryl methyl sites for hydroxylation is 1. The number of nitrogens with one attached hydrogen (secondary N) is 1. The average molecular weight is 382 g/mol. The van der Waals surface area contributed by atoms with Crippen molar-refractivity contribution in [1.29, 1.82) is 0 Å². The molecular weight excluding hydrogens is 360 g/mol. The summed E-state index contributed by atoms with van der Waals surface area (Å²) in [5.74, 6) is 0.370. The summed E-state index contributed by atoms with van der Waals surface area (Å²) in [5, 5.41) is 3.83. The molecular formula is C21H22N2O3S. The third kappa shape index (κ3) is 3.66. The Kier molecular flexibility index (Phi) is 5.46. The Bertz CT molecular complexity index is 906. The molecule has 0 bridgehead atoms. The van der Waals surface area contributed by atoms with Crippen LogP contribution >= 0.6 is 12.2 Å². The molecule has 0 saturated heterocycles. The van der Waals surface area contributed by atoms with E-state index < -0.39 is 0 Å². The molecule has 0 aromatic heterocycles. The first-order chi connectivity index (χ1) is 13.0. The van der Waals surface area contributed by atoms with Crippen LogP contribution in [0.25, 0.3) is 0 Å². The van der Waals surface area contributed by atoms with Gasteiger partial charge in [0.05, 0.1) is 25.8 Å². The van der Waals surface area contributed by atoms with E-state index in [2.05, 4.69) is 5.32 Å². The number of hydrogen-bond acceptors (Lipinski definition) is 4. The Balaban J connectivity index is 2.11. The minimum Gasteiger partial charge on any atom is -0.497 e. The van der Waals surface area contributed by atoms with E-state index >= 15 is 0 Å². The highest BCUT2D eigenvalue weighted by atomic mass is 32.1. The van der Waals surface area contributed by atoms with Gasteiger partial charge in [0, 0.05) is 11.4 Å². The number of benzene rings is 2. The minimum atomic E-state index is -0.382. The van der Waals surface area contributed by atoms with Gasteiger partial charge in [-0.1, -0.05) is 29.8 Å². The number of anilines is 1. The molecule has 1 heterocycles. The molecule has 0 saturated carbocycles. The van der Waals surface area contributed by atoms with Gasteiger partial charge in [-0.3, -0.25) is 4.90 Å². The molecule has 27 heavy (non-hydrogen) atoms. The fourth-order valence-corrected chi connectivity index (χ4v) is 3.62. The van der Waals surface area contributed by atoms with E-state index in [1.165, 1.54) is 7.11 Å². The molecule has 1 N–H and O–H groups in total. The lowest BCUT2D eigenvalue weighted by Gasteiger charge is -2.37. The van der Waals surface area contributed by atoms with Crippen molar-refractivity contribution in [1.82, 2.24) is 5.32 Å². The van der Waals surface area contributed by atoms with Gasteiger partial charge >= 0.3 is 5.97 Å². The maximum Gasteiger partial charge on any atom is 0.337 e. The maximum atomic E-state index is 12.6. The molecule has 1 atom stereocenters. The zero-order chi connectivity index (χ0) is 19.6. The fourth-order valence-electron chi connectivity index (χ4n) is 3.26. The second-order valence-electron chi connectivity index (χ2n) is 6.32. The van der Waals surface area contributed by atoms with E-state index in [-0.39, 0.29) is 12.0 Å². The highest BCUT2D eigenvalue weighted by molar-refractivity contribution is 7.80. The summed E-state index contributed by atoms with van der Waals surface area (Å²) in [5.41, 5.74) is 4.19. The third-order valence-corrected chi connectivity index (χ3v) is 4.90. The first-order valence-electron chi connectivity index (χ1n) is 8.56. The minimum absolute atomic E-state index is 0.362. The third-order valence-electron chi connectivity index (χ3n) is 4.60. The summed E-state index contributed by atoms with van der Waals surface area (Å²) in [6.07, 6.45) is 0. The fraction of sp³-hybridized carbons (Fsp3) is 0.238. The molecule has 1 aliphatic heterocycles. The van der Waals surface area contributed by atoms with Gasteiger partial charge < -0.3 is 14.8 Å². The molecule has 0 aliphatic carbocycles. The van der Waals surface area contributed by atoms with Crippen molar-refractivity contribution in [3.05, 3.63) is 70.9 Å². The molecule has 0 fully saturated rings. The smallest absolute Gasteiger partial charge is 0.337 e. The van der Waals surface area contributed by atoms with Crippen molar-refractivity contribution in [2.24, 2.45) is 0 Å². The maximum absolute atomic E-state index is 12.6. The number of allylic oxidation sites excluding steroid dienone is 1. The van der Waals surface area contributed by atoms with E-state index in [1.54, 1.807) is 7.11 Å². The average Bonchev–Trinajstić information content (AvgIpc) is 2.67. The van der Waals surface area contributed by atoms with Crippen LogP contribution in [-0.4, -0.2) is 25.3 Å². The Morgan fingerprint density at radius 2 is 1.81 bits per heavy atom. The molecule has 1 aliphatic rings. The van der Waals surface area contributed by atoms with Gasteiger partial charge in [0.25, 0.3) is 0 Å². The molecule has 0 radical (unpaired) electrons. The zero-order valence-electron chi connectivity index (χ0n) is 15.8. The molecule has 6 heteroatoms. The van der Waals surface area contributed by atoms with Gasteiger partial charge in [0.1, 0.15) is 5.75 Å². The zero-order valence-corrected chi connectivity index (χ0v) is 16.6. The number of methoxy groups -OCH3 is 2. The van der Waals surface area contributed by atoms with E-state index in [1.807, 2.05) is 67.3 Å². The Hall–Kier alpha value is -2.86. The predicted molar refractivity (Wildman–Crippen MR) is 110 cm³/mol. The van der Waals surface area contributed by atoms with Gasteiger partial charge in [-0.05, 0) is 55.9 Å². The summed E-state index contributed by atoms with van der Waals surface area (Å²) in [6.45, 7) is 3.90. The number of hydrogen-bond donors (Lipinski definition) is 1. The normalized spacial score (nSPS) is 16.8. The van der Waals surface area contributed by atoms with Gasteiger partial charge in [0.2, 0.25) is 0 Å². The van der Waals surface area contributed by atoms with Crippen molar-refractivity contribution in [3.63, 3.8) is 0 Å². The highest BCUT2D eigenvalue weighted by Gasteiger charge is 2.35. The van der Waals surface area contributed by atoms with Crippen molar-refractivity contribution in [2.75, 3.05) is 19.1 Å². The second-order valence-corrected chi connectivity index (χ2v) is 6.71. The van der Waals surface area contributed by atoms with Crippen LogP contribution in [0.5, 0.6) is 5.75 Å². The lowest BCUT2D eigenvalue weighted by Crippen LogP contribution is -2.48. The number of ether oxygens (including phenoxy) is 2. The summed E-state index contributed by atoms with van der Waals surface area (Å²) in [7, 11) is 3.01. The summed E-state index contributed by atoms with van der Waals surface area (Å²) < 4.78 is 10.3. The van der Waals surface area contributed by atoms with Gasteiger partial charge in [-0.15, -0.1) is 0 Å². The number of rotatable bonds is 4. The van der Waals surface area contributed by atoms with Crippen LogP contribution in [-0.2, 0) is 9.53 Å². The summed E-state index contributed by atoms with van der Waals surface area (Å²) in [4.78, 5) is 14.5. The summed E-state index contributed by atoms with van der Waals surface area (Å²) in [6, 6.07) is 15.2. The Labute approximate surface area is 164 Å². The van der Waals surface area contributed by atoms with Crippen LogP contribution in [0.2, 0.25) is 0 Å². The number of esters is 1. The molecule has 2 aromatic rings. The van der Waals surface area contributed by atoms with Crippen LogP contribution in [0, 0.1) is 6.92 Å². The quantitative estimate of drug-likeness (QED) is 0.640. The molecule has 0 amide bonds. The van der Waals surface area contributed by atoms with Crippen molar-refractivity contribution in [3.8, 4) is 5.75 Å². The molecule has 5 nitrogen and oxygen atoms in total. The Morgan fingerprint density at radius 1 is 1.11 bits per heavy atom. The number of carbonyl (C=O) groups is 1. The number of nitrogens with zero attached hydrogens (tertiary/aromatic N) is 1. The molecule has 0 spiro atoms. The Morgan fingerprint density at radius 3 is 2.41 bits per heavy atom.